The number of hydrogen-bond donors (Lipinski definition) is 1. The van der Waals surface area contributed by atoms with Gasteiger partial charge >= 0.3 is 0 Å². The maximum absolute atomic E-state index is 15.3. The molecule has 270 valence electrons. The zero-order valence-corrected chi connectivity index (χ0v) is 30.3. The van der Waals surface area contributed by atoms with Crippen molar-refractivity contribution in [2.24, 2.45) is 5.92 Å². The van der Waals surface area contributed by atoms with Crippen molar-refractivity contribution >= 4 is 40.0 Å². The Hall–Kier alpha value is -4.08. The number of rotatable bonds is 5. The molecule has 1 aliphatic carbocycles. The van der Waals surface area contributed by atoms with Crippen LogP contribution >= 0.6 is 11.6 Å². The van der Waals surface area contributed by atoms with Gasteiger partial charge in [0.15, 0.2) is 0 Å². The van der Waals surface area contributed by atoms with E-state index in [1.165, 1.54) is 29.3 Å². The highest BCUT2D eigenvalue weighted by molar-refractivity contribution is 6.35. The Bertz CT molecular complexity index is 2130. The quantitative estimate of drug-likeness (QED) is 0.217. The van der Waals surface area contributed by atoms with Crippen LogP contribution in [0.1, 0.15) is 105 Å². The van der Waals surface area contributed by atoms with E-state index in [9.17, 15) is 14.4 Å². The molecule has 5 aliphatic rings. The smallest absolute Gasteiger partial charge is 0.282 e. The Morgan fingerprint density at radius 2 is 1.62 bits per heavy atom. The fourth-order valence-corrected chi connectivity index (χ4v) is 10.4. The summed E-state index contributed by atoms with van der Waals surface area (Å²) in [5, 5.41) is 3.34. The summed E-state index contributed by atoms with van der Waals surface area (Å²) < 4.78 is 17.6. The molecule has 10 heteroatoms. The van der Waals surface area contributed by atoms with E-state index >= 15 is 4.39 Å². The van der Waals surface area contributed by atoms with Crippen LogP contribution in [0.3, 0.4) is 0 Å². The number of halogens is 2. The minimum atomic E-state index is -0.478. The summed E-state index contributed by atoms with van der Waals surface area (Å²) in [5.41, 5.74) is 5.49. The Balaban J connectivity index is 0.854. The summed E-state index contributed by atoms with van der Waals surface area (Å²) in [7, 11) is 0. The molecule has 0 radical (unpaired) electrons. The second kappa shape index (κ2) is 13.4. The third kappa shape index (κ3) is 5.75. The van der Waals surface area contributed by atoms with Gasteiger partial charge in [0.05, 0.1) is 38.6 Å². The van der Waals surface area contributed by atoms with Crippen LogP contribution in [-0.2, 0) is 15.0 Å². The Labute approximate surface area is 308 Å². The zero-order valence-electron chi connectivity index (χ0n) is 29.5. The van der Waals surface area contributed by atoms with Gasteiger partial charge in [0, 0.05) is 26.1 Å². The van der Waals surface area contributed by atoms with Crippen molar-refractivity contribution in [2.45, 2.75) is 87.9 Å². The van der Waals surface area contributed by atoms with Crippen LogP contribution in [0, 0.1) is 11.7 Å². The average molecular weight is 722 g/mol. The Morgan fingerprint density at radius 1 is 0.846 bits per heavy atom. The lowest BCUT2D eigenvalue weighted by atomic mass is 9.69. The van der Waals surface area contributed by atoms with Crippen molar-refractivity contribution in [1.82, 2.24) is 19.8 Å². The standard InChI is InChI=1S/C42H45ClFN5O3/c43-32-5-4-6-35-38(32)40(52)46-41-42(17-2-1-3-18-42)31-10-7-28(24-36(31)49(35)41)27-15-19-47(20-16-27)25-26-13-21-48(22-14-26)34-11-8-29(23-33(34)44)30-9-12-37(50)45-39(30)51/h4-8,10-11,23-24,26-27,30H,1-3,9,12-22,25H2,(H,45,50,51). The molecule has 1 unspecified atom stereocenters. The van der Waals surface area contributed by atoms with Crippen LogP contribution in [0.5, 0.6) is 0 Å². The third-order valence-corrected chi connectivity index (χ3v) is 13.2. The van der Waals surface area contributed by atoms with E-state index in [1.54, 1.807) is 12.1 Å². The van der Waals surface area contributed by atoms with Crippen molar-refractivity contribution in [3.05, 3.63) is 98.3 Å². The zero-order chi connectivity index (χ0) is 35.6. The molecule has 8 nitrogen and oxygen atoms in total. The maximum atomic E-state index is 15.3. The lowest BCUT2D eigenvalue weighted by molar-refractivity contribution is -0.134. The number of anilines is 1. The van der Waals surface area contributed by atoms with Gasteiger partial charge in [0.2, 0.25) is 11.8 Å². The molecule has 1 atom stereocenters. The van der Waals surface area contributed by atoms with Gasteiger partial charge in [0.1, 0.15) is 11.6 Å². The second-order valence-electron chi connectivity index (χ2n) is 15.8. The molecule has 4 aromatic rings. The minimum absolute atomic E-state index is 0.217. The molecule has 5 heterocycles. The maximum Gasteiger partial charge on any atom is 0.282 e. The normalized spacial score (nSPS) is 22.5. The van der Waals surface area contributed by atoms with E-state index in [0.29, 0.717) is 39.9 Å². The van der Waals surface area contributed by atoms with Crippen LogP contribution in [-0.4, -0.2) is 59.0 Å². The molecular formula is C42H45ClFN5O3. The van der Waals surface area contributed by atoms with Crippen molar-refractivity contribution in [3.63, 3.8) is 0 Å². The monoisotopic (exact) mass is 721 g/mol. The van der Waals surface area contributed by atoms with E-state index in [2.05, 4.69) is 37.9 Å². The highest BCUT2D eigenvalue weighted by Gasteiger charge is 2.46. The highest BCUT2D eigenvalue weighted by atomic mass is 35.5. The van der Waals surface area contributed by atoms with Gasteiger partial charge in [0.25, 0.3) is 5.56 Å². The SMILES string of the molecule is O=C1CCC(c2ccc(N3CCC(CN4CCC(c5ccc6c(c5)-n5c(nc(=O)c7c(Cl)cccc75)C65CCCCC5)CC4)CC3)c(F)c2)C(=O)N1. The van der Waals surface area contributed by atoms with E-state index in [-0.39, 0.29) is 35.0 Å². The van der Waals surface area contributed by atoms with Crippen LogP contribution < -0.4 is 15.8 Å². The number of nitrogens with one attached hydrogen (secondary N) is 1. The number of aromatic nitrogens is 2. The van der Waals surface area contributed by atoms with Crippen LogP contribution in [0.25, 0.3) is 16.6 Å². The summed E-state index contributed by atoms with van der Waals surface area (Å²) in [6, 6.07) is 18.0. The van der Waals surface area contributed by atoms with Gasteiger partial charge in [-0.25, -0.2) is 4.39 Å². The number of imide groups is 1. The van der Waals surface area contributed by atoms with Gasteiger partial charge < -0.3 is 9.80 Å². The molecule has 3 saturated heterocycles. The molecule has 4 aliphatic heterocycles. The Kier molecular flexibility index (Phi) is 8.69. The van der Waals surface area contributed by atoms with Crippen molar-refractivity contribution in [1.29, 1.82) is 0 Å². The number of amides is 2. The number of carbonyl (C=O) groups is 2. The molecule has 3 aromatic carbocycles. The fourth-order valence-electron chi connectivity index (χ4n) is 10.1. The van der Waals surface area contributed by atoms with Crippen LogP contribution in [0.4, 0.5) is 10.1 Å². The van der Waals surface area contributed by atoms with Gasteiger partial charge in [-0.05, 0) is 117 Å². The number of hydrogen-bond acceptors (Lipinski definition) is 6. The number of fused-ring (bicyclic) bond motifs is 7. The highest BCUT2D eigenvalue weighted by Crippen LogP contribution is 2.52. The summed E-state index contributed by atoms with van der Waals surface area (Å²) in [6.07, 6.45) is 10.5. The van der Waals surface area contributed by atoms with E-state index in [0.717, 1.165) is 95.4 Å². The van der Waals surface area contributed by atoms with Crippen molar-refractivity contribution in [2.75, 3.05) is 37.6 Å². The molecule has 1 aromatic heterocycles. The molecule has 1 spiro atoms. The molecule has 0 bridgehead atoms. The topological polar surface area (TPSA) is 87.5 Å². The van der Waals surface area contributed by atoms with Gasteiger partial charge in [-0.1, -0.05) is 55.1 Å². The number of nitrogens with zero attached hydrogens (tertiary/aromatic N) is 4. The predicted octanol–water partition coefficient (Wildman–Crippen LogP) is 7.36. The molecule has 1 saturated carbocycles. The molecule has 4 fully saturated rings. The summed E-state index contributed by atoms with van der Waals surface area (Å²) >= 11 is 6.59. The molecule has 2 amide bonds. The van der Waals surface area contributed by atoms with Crippen LogP contribution in [0.15, 0.2) is 59.4 Å². The third-order valence-electron chi connectivity index (χ3n) is 12.9. The largest absolute Gasteiger partial charge is 0.369 e. The second-order valence-corrected chi connectivity index (χ2v) is 16.3. The van der Waals surface area contributed by atoms with E-state index in [4.69, 9.17) is 16.6 Å². The molecular weight excluding hydrogens is 677 g/mol. The fraction of sp³-hybridized carbons (Fsp3) is 0.476. The number of likely N-dealkylation sites (tertiary alicyclic amines) is 1. The van der Waals surface area contributed by atoms with Crippen molar-refractivity contribution in [3.8, 4) is 5.69 Å². The summed E-state index contributed by atoms with van der Waals surface area (Å²) in [4.78, 5) is 46.7. The first-order chi connectivity index (χ1) is 25.3. The number of benzene rings is 3. The first kappa shape index (κ1) is 33.7. The minimum Gasteiger partial charge on any atom is -0.369 e. The van der Waals surface area contributed by atoms with Gasteiger partial charge in [-0.3, -0.25) is 24.3 Å². The van der Waals surface area contributed by atoms with E-state index in [1.807, 2.05) is 18.2 Å². The number of carbonyl (C=O) groups excluding carboxylic acids is 2. The van der Waals surface area contributed by atoms with Crippen molar-refractivity contribution < 1.29 is 14.0 Å². The summed E-state index contributed by atoms with van der Waals surface area (Å²) in [5.74, 6) is 0.575. The van der Waals surface area contributed by atoms with E-state index < -0.39 is 5.92 Å². The molecule has 52 heavy (non-hydrogen) atoms. The lowest BCUT2D eigenvalue weighted by Gasteiger charge is -2.38. The van der Waals surface area contributed by atoms with Gasteiger partial charge in [-0.15, -0.1) is 0 Å². The average Bonchev–Trinajstić information content (AvgIpc) is 3.40. The number of piperidine rings is 3. The Morgan fingerprint density at radius 3 is 2.37 bits per heavy atom. The van der Waals surface area contributed by atoms with Gasteiger partial charge in [-0.2, -0.15) is 4.98 Å². The molecule has 9 rings (SSSR count). The summed E-state index contributed by atoms with van der Waals surface area (Å²) in [6.45, 7) is 4.82. The molecule has 1 N–H and O–H groups in total. The predicted molar refractivity (Wildman–Crippen MR) is 201 cm³/mol. The first-order valence-electron chi connectivity index (χ1n) is 19.3. The lowest BCUT2D eigenvalue weighted by Crippen LogP contribution is -2.41. The first-order valence-corrected chi connectivity index (χ1v) is 19.6. The van der Waals surface area contributed by atoms with Crippen LogP contribution in [0.2, 0.25) is 5.02 Å².